The van der Waals surface area contributed by atoms with Crippen LogP contribution in [0.4, 0.5) is 0 Å². The average Bonchev–Trinajstić information content (AvgIpc) is 2.67. The molecule has 1 aliphatic rings. The maximum atomic E-state index is 12.8. The van der Waals surface area contributed by atoms with Crippen molar-refractivity contribution in [3.8, 4) is 0 Å². The summed E-state index contributed by atoms with van der Waals surface area (Å²) < 4.78 is 2.30. The molecule has 1 amide bonds. The standard InChI is InChI=1S/C20H19BrN4O2/c21-15-6-3-4-13(8-15)10-22-18(26)11-25-12-23-19-16(20(25)27)9-14-5-1-2-7-17(14)24-19/h3-4,6,8-9,12H,1-2,5,7,10-11H2,(H,22,26). The maximum absolute atomic E-state index is 12.8. The molecule has 3 aromatic rings. The molecule has 138 valence electrons. The van der Waals surface area contributed by atoms with Crippen LogP contribution in [-0.2, 0) is 30.7 Å². The Bertz CT molecular complexity index is 1080. The zero-order valence-corrected chi connectivity index (χ0v) is 16.3. The average molecular weight is 427 g/mol. The summed E-state index contributed by atoms with van der Waals surface area (Å²) in [5, 5.41) is 3.32. The number of nitrogens with zero attached hydrogens (tertiary/aromatic N) is 3. The molecular weight excluding hydrogens is 408 g/mol. The second-order valence-electron chi connectivity index (χ2n) is 6.76. The van der Waals surface area contributed by atoms with Crippen LogP contribution in [0, 0.1) is 0 Å². The van der Waals surface area contributed by atoms with Gasteiger partial charge in [-0.3, -0.25) is 14.2 Å². The third-order valence-electron chi connectivity index (χ3n) is 4.78. The predicted molar refractivity (Wildman–Crippen MR) is 106 cm³/mol. The van der Waals surface area contributed by atoms with Gasteiger partial charge in [-0.15, -0.1) is 0 Å². The Morgan fingerprint density at radius 2 is 2.07 bits per heavy atom. The largest absolute Gasteiger partial charge is 0.350 e. The van der Waals surface area contributed by atoms with Crippen molar-refractivity contribution in [3.63, 3.8) is 0 Å². The van der Waals surface area contributed by atoms with Crippen LogP contribution < -0.4 is 10.9 Å². The van der Waals surface area contributed by atoms with Crippen LogP contribution in [0.25, 0.3) is 11.0 Å². The Morgan fingerprint density at radius 3 is 2.93 bits per heavy atom. The second-order valence-corrected chi connectivity index (χ2v) is 7.67. The number of fused-ring (bicyclic) bond motifs is 2. The van der Waals surface area contributed by atoms with Crippen LogP contribution in [0.3, 0.4) is 0 Å². The molecule has 1 aliphatic carbocycles. The van der Waals surface area contributed by atoms with Gasteiger partial charge in [0.05, 0.1) is 5.39 Å². The molecule has 0 spiro atoms. The molecule has 0 bridgehead atoms. The summed E-state index contributed by atoms with van der Waals surface area (Å²) in [5.41, 5.74) is 3.40. The number of carbonyl (C=O) groups is 1. The van der Waals surface area contributed by atoms with Crippen LogP contribution in [0.1, 0.15) is 29.7 Å². The smallest absolute Gasteiger partial charge is 0.263 e. The third-order valence-corrected chi connectivity index (χ3v) is 5.28. The summed E-state index contributed by atoms with van der Waals surface area (Å²) in [6.45, 7) is 0.343. The van der Waals surface area contributed by atoms with E-state index in [4.69, 9.17) is 0 Å². The monoisotopic (exact) mass is 426 g/mol. The molecule has 2 aromatic heterocycles. The number of rotatable bonds is 4. The molecule has 6 nitrogen and oxygen atoms in total. The quantitative estimate of drug-likeness (QED) is 0.695. The van der Waals surface area contributed by atoms with Crippen molar-refractivity contribution in [2.45, 2.75) is 38.8 Å². The number of carbonyl (C=O) groups excluding carboxylic acids is 1. The van der Waals surface area contributed by atoms with E-state index >= 15 is 0 Å². The van der Waals surface area contributed by atoms with Gasteiger partial charge in [0.25, 0.3) is 5.56 Å². The summed E-state index contributed by atoms with van der Waals surface area (Å²) in [4.78, 5) is 33.9. The normalized spacial score (nSPS) is 13.4. The molecule has 0 fully saturated rings. The van der Waals surface area contributed by atoms with Gasteiger partial charge in [-0.2, -0.15) is 0 Å². The van der Waals surface area contributed by atoms with Crippen LogP contribution in [-0.4, -0.2) is 20.4 Å². The van der Waals surface area contributed by atoms with Crippen molar-refractivity contribution in [1.29, 1.82) is 0 Å². The van der Waals surface area contributed by atoms with Crippen molar-refractivity contribution in [2.24, 2.45) is 0 Å². The molecule has 0 saturated heterocycles. The molecule has 0 unspecified atom stereocenters. The number of aromatic nitrogens is 3. The van der Waals surface area contributed by atoms with Gasteiger partial charge in [-0.1, -0.05) is 28.1 Å². The van der Waals surface area contributed by atoms with Crippen molar-refractivity contribution in [3.05, 3.63) is 68.3 Å². The van der Waals surface area contributed by atoms with Gasteiger partial charge < -0.3 is 5.32 Å². The van der Waals surface area contributed by atoms with E-state index in [0.29, 0.717) is 17.6 Å². The SMILES string of the molecule is O=C(Cn1cnc2nc3c(cc2c1=O)CCCC3)NCc1cccc(Br)c1. The number of nitrogens with one attached hydrogen (secondary N) is 1. The highest BCUT2D eigenvalue weighted by atomic mass is 79.9. The molecule has 4 rings (SSSR count). The van der Waals surface area contributed by atoms with E-state index < -0.39 is 0 Å². The van der Waals surface area contributed by atoms with Crippen molar-refractivity contribution in [2.75, 3.05) is 0 Å². The van der Waals surface area contributed by atoms with E-state index in [2.05, 4.69) is 31.2 Å². The lowest BCUT2D eigenvalue weighted by atomic mass is 9.95. The first-order valence-electron chi connectivity index (χ1n) is 8.99. The minimum atomic E-state index is -0.232. The zero-order chi connectivity index (χ0) is 18.8. The number of amides is 1. The van der Waals surface area contributed by atoms with Crippen LogP contribution >= 0.6 is 15.9 Å². The topological polar surface area (TPSA) is 76.9 Å². The molecule has 0 atom stereocenters. The first-order valence-corrected chi connectivity index (χ1v) is 9.78. The minimum absolute atomic E-state index is 0.0626. The van der Waals surface area contributed by atoms with Crippen LogP contribution in [0.2, 0.25) is 0 Å². The van der Waals surface area contributed by atoms with E-state index in [0.717, 1.165) is 47.0 Å². The first-order chi connectivity index (χ1) is 13.1. The number of aryl methyl sites for hydroxylation is 2. The fraction of sp³-hybridized carbons (Fsp3) is 0.300. The van der Waals surface area contributed by atoms with E-state index in [1.165, 1.54) is 10.9 Å². The molecule has 7 heteroatoms. The van der Waals surface area contributed by atoms with E-state index in [9.17, 15) is 9.59 Å². The third kappa shape index (κ3) is 3.93. The van der Waals surface area contributed by atoms with Crippen LogP contribution in [0.15, 0.2) is 45.9 Å². The zero-order valence-electron chi connectivity index (χ0n) is 14.7. The fourth-order valence-electron chi connectivity index (χ4n) is 3.38. The Kier molecular flexibility index (Phi) is 5.03. The molecule has 0 saturated carbocycles. The Morgan fingerprint density at radius 1 is 1.22 bits per heavy atom. The number of pyridine rings is 1. The molecule has 1 aromatic carbocycles. The predicted octanol–water partition coefficient (Wildman–Crippen LogP) is 2.75. The summed E-state index contributed by atoms with van der Waals surface area (Å²) in [5.74, 6) is -0.232. The molecule has 1 N–H and O–H groups in total. The Hall–Kier alpha value is -2.54. The van der Waals surface area contributed by atoms with Gasteiger partial charge in [0.2, 0.25) is 5.91 Å². The number of halogens is 1. The second kappa shape index (κ2) is 7.60. The van der Waals surface area contributed by atoms with Crippen molar-refractivity contribution < 1.29 is 4.79 Å². The lowest BCUT2D eigenvalue weighted by Crippen LogP contribution is -2.32. The number of hydrogen-bond acceptors (Lipinski definition) is 4. The lowest BCUT2D eigenvalue weighted by Gasteiger charge is -2.15. The van der Waals surface area contributed by atoms with E-state index in [-0.39, 0.29) is 18.0 Å². The van der Waals surface area contributed by atoms with Crippen LogP contribution in [0.5, 0.6) is 0 Å². The molecule has 0 radical (unpaired) electrons. The first kappa shape index (κ1) is 17.9. The van der Waals surface area contributed by atoms with Gasteiger partial charge >= 0.3 is 0 Å². The number of hydrogen-bond donors (Lipinski definition) is 1. The molecule has 2 heterocycles. The van der Waals surface area contributed by atoms with E-state index in [1.807, 2.05) is 30.3 Å². The van der Waals surface area contributed by atoms with Crippen molar-refractivity contribution >= 4 is 32.9 Å². The highest BCUT2D eigenvalue weighted by molar-refractivity contribution is 9.10. The lowest BCUT2D eigenvalue weighted by molar-refractivity contribution is -0.121. The summed E-state index contributed by atoms with van der Waals surface area (Å²) in [6, 6.07) is 9.62. The number of benzene rings is 1. The van der Waals surface area contributed by atoms with Gasteiger partial charge in [0.15, 0.2) is 5.65 Å². The maximum Gasteiger partial charge on any atom is 0.263 e. The molecule has 0 aliphatic heterocycles. The Balaban J connectivity index is 1.52. The highest BCUT2D eigenvalue weighted by Gasteiger charge is 2.15. The van der Waals surface area contributed by atoms with Crippen molar-refractivity contribution in [1.82, 2.24) is 19.9 Å². The van der Waals surface area contributed by atoms with Gasteiger partial charge in [-0.05, 0) is 55.0 Å². The molecule has 27 heavy (non-hydrogen) atoms. The van der Waals surface area contributed by atoms with Gasteiger partial charge in [0.1, 0.15) is 12.9 Å². The van der Waals surface area contributed by atoms with Gasteiger partial charge in [-0.25, -0.2) is 9.97 Å². The summed E-state index contributed by atoms with van der Waals surface area (Å²) in [6.07, 6.45) is 5.53. The highest BCUT2D eigenvalue weighted by Crippen LogP contribution is 2.21. The summed E-state index contributed by atoms with van der Waals surface area (Å²) >= 11 is 3.41. The van der Waals surface area contributed by atoms with E-state index in [1.54, 1.807) is 0 Å². The Labute approximate surface area is 164 Å². The fourth-order valence-corrected chi connectivity index (χ4v) is 3.83. The van der Waals surface area contributed by atoms with Gasteiger partial charge in [0, 0.05) is 16.7 Å². The molecular formula is C20H19BrN4O2. The summed E-state index contributed by atoms with van der Waals surface area (Å²) in [7, 11) is 0. The minimum Gasteiger partial charge on any atom is -0.350 e.